The second-order valence-electron chi connectivity index (χ2n) is 5.52. The van der Waals surface area contributed by atoms with Gasteiger partial charge in [-0.2, -0.15) is 0 Å². The fourth-order valence-electron chi connectivity index (χ4n) is 2.45. The quantitative estimate of drug-likeness (QED) is 0.572. The van der Waals surface area contributed by atoms with Gasteiger partial charge in [0.25, 0.3) is 5.56 Å². The highest BCUT2D eigenvalue weighted by Crippen LogP contribution is 2.18. The third-order valence-corrected chi connectivity index (χ3v) is 4.66. The third kappa shape index (κ3) is 2.39. The van der Waals surface area contributed by atoms with E-state index in [1.807, 2.05) is 49.3 Å². The Morgan fingerprint density at radius 2 is 1.96 bits per heavy atom. The van der Waals surface area contributed by atoms with E-state index in [4.69, 9.17) is 4.42 Å². The van der Waals surface area contributed by atoms with Crippen LogP contribution in [0.5, 0.6) is 0 Å². The molecule has 0 saturated heterocycles. The van der Waals surface area contributed by atoms with E-state index in [9.17, 15) is 4.79 Å². The molecule has 3 heterocycles. The molecule has 24 heavy (non-hydrogen) atoms. The first-order chi connectivity index (χ1) is 11.6. The first-order valence-corrected chi connectivity index (χ1v) is 8.16. The molecule has 120 valence electrons. The molecule has 4 rings (SSSR count). The normalized spacial score (nSPS) is 12.2. The standard InChI is InChI=1S/C17H14N4O2S/c1-20(2)12-7-5-11(6-8-12)10-14-16(22)21-15(13-4-3-9-23-13)18-19-17(21)24-14/h3-10H,1-2H3/b14-10+. The first-order valence-electron chi connectivity index (χ1n) is 7.34. The van der Waals surface area contributed by atoms with E-state index in [1.165, 1.54) is 15.7 Å². The summed E-state index contributed by atoms with van der Waals surface area (Å²) < 4.78 is 7.44. The van der Waals surface area contributed by atoms with Crippen molar-refractivity contribution in [3.05, 3.63) is 63.1 Å². The van der Waals surface area contributed by atoms with Gasteiger partial charge in [-0.3, -0.25) is 4.79 Å². The topological polar surface area (TPSA) is 63.6 Å². The molecule has 0 atom stereocenters. The lowest BCUT2D eigenvalue weighted by Crippen LogP contribution is -2.23. The fraction of sp³-hybridized carbons (Fsp3) is 0.118. The van der Waals surface area contributed by atoms with Crippen LogP contribution < -0.4 is 15.0 Å². The number of hydrogen-bond donors (Lipinski definition) is 0. The maximum atomic E-state index is 12.7. The number of aromatic nitrogens is 3. The molecule has 4 aromatic rings. The molecule has 0 spiro atoms. The van der Waals surface area contributed by atoms with Crippen molar-refractivity contribution in [2.45, 2.75) is 0 Å². The second kappa shape index (κ2) is 5.61. The smallest absolute Gasteiger partial charge is 0.276 e. The Morgan fingerprint density at radius 3 is 2.62 bits per heavy atom. The lowest BCUT2D eigenvalue weighted by Gasteiger charge is -2.11. The highest BCUT2D eigenvalue weighted by Gasteiger charge is 2.15. The van der Waals surface area contributed by atoms with Crippen molar-refractivity contribution in [3.8, 4) is 11.6 Å². The van der Waals surface area contributed by atoms with Gasteiger partial charge in [-0.25, -0.2) is 4.40 Å². The Kier molecular flexibility index (Phi) is 3.42. The number of anilines is 1. The molecule has 0 aliphatic carbocycles. The Balaban J connectivity index is 1.83. The number of hydrogen-bond acceptors (Lipinski definition) is 6. The van der Waals surface area contributed by atoms with E-state index in [1.54, 1.807) is 18.4 Å². The molecular weight excluding hydrogens is 324 g/mol. The summed E-state index contributed by atoms with van der Waals surface area (Å²) in [7, 11) is 3.98. The van der Waals surface area contributed by atoms with Crippen LogP contribution in [0.25, 0.3) is 22.6 Å². The molecule has 0 saturated carbocycles. The van der Waals surface area contributed by atoms with E-state index in [2.05, 4.69) is 10.2 Å². The van der Waals surface area contributed by atoms with Crippen LogP contribution in [-0.4, -0.2) is 28.7 Å². The number of furan rings is 1. The predicted octanol–water partition coefficient (Wildman–Crippen LogP) is 2.02. The molecule has 0 amide bonds. The Labute approximate surface area is 141 Å². The van der Waals surface area contributed by atoms with Gasteiger partial charge in [0.2, 0.25) is 10.8 Å². The average Bonchev–Trinajstić information content (AvgIpc) is 3.28. The fourth-order valence-corrected chi connectivity index (χ4v) is 3.36. The highest BCUT2D eigenvalue weighted by atomic mass is 32.1. The summed E-state index contributed by atoms with van der Waals surface area (Å²) in [6, 6.07) is 11.5. The van der Waals surface area contributed by atoms with Crippen molar-refractivity contribution < 1.29 is 4.42 Å². The molecule has 0 aliphatic heterocycles. The van der Waals surface area contributed by atoms with E-state index >= 15 is 0 Å². The van der Waals surface area contributed by atoms with Gasteiger partial charge in [-0.1, -0.05) is 23.5 Å². The lowest BCUT2D eigenvalue weighted by molar-refractivity contribution is 0.576. The van der Waals surface area contributed by atoms with E-state index < -0.39 is 0 Å². The van der Waals surface area contributed by atoms with Gasteiger partial charge in [-0.15, -0.1) is 10.2 Å². The van der Waals surface area contributed by atoms with Crippen LogP contribution in [-0.2, 0) is 0 Å². The van der Waals surface area contributed by atoms with E-state index in [-0.39, 0.29) is 5.56 Å². The zero-order chi connectivity index (χ0) is 16.7. The maximum absolute atomic E-state index is 12.7. The van der Waals surface area contributed by atoms with E-state index in [0.717, 1.165) is 11.3 Å². The molecule has 0 bridgehead atoms. The summed E-state index contributed by atoms with van der Waals surface area (Å²) in [6.45, 7) is 0. The molecule has 7 heteroatoms. The van der Waals surface area contributed by atoms with Crippen LogP contribution in [0.4, 0.5) is 5.69 Å². The summed E-state index contributed by atoms with van der Waals surface area (Å²) in [5.41, 5.74) is 1.94. The molecule has 0 aliphatic rings. The first kappa shape index (κ1) is 14.6. The number of fused-ring (bicyclic) bond motifs is 1. The molecule has 0 fully saturated rings. The van der Waals surface area contributed by atoms with Gasteiger partial charge in [0.15, 0.2) is 5.76 Å². The number of rotatable bonds is 3. The van der Waals surface area contributed by atoms with Crippen molar-refractivity contribution in [1.82, 2.24) is 14.6 Å². The zero-order valence-electron chi connectivity index (χ0n) is 13.1. The summed E-state index contributed by atoms with van der Waals surface area (Å²) in [5.74, 6) is 0.957. The van der Waals surface area contributed by atoms with Gasteiger partial charge in [-0.05, 0) is 35.9 Å². The maximum Gasteiger partial charge on any atom is 0.276 e. The average molecular weight is 338 g/mol. The molecule has 0 unspecified atom stereocenters. The van der Waals surface area contributed by atoms with Crippen molar-refractivity contribution in [2.75, 3.05) is 19.0 Å². The van der Waals surface area contributed by atoms with Crippen LogP contribution in [0.15, 0.2) is 51.9 Å². The summed E-state index contributed by atoms with van der Waals surface area (Å²) >= 11 is 1.32. The molecule has 6 nitrogen and oxygen atoms in total. The lowest BCUT2D eigenvalue weighted by atomic mass is 10.2. The van der Waals surface area contributed by atoms with E-state index in [0.29, 0.717) is 21.1 Å². The monoisotopic (exact) mass is 338 g/mol. The zero-order valence-corrected chi connectivity index (χ0v) is 13.9. The highest BCUT2D eigenvalue weighted by molar-refractivity contribution is 7.15. The molecule has 0 N–H and O–H groups in total. The molecule has 3 aromatic heterocycles. The largest absolute Gasteiger partial charge is 0.461 e. The van der Waals surface area contributed by atoms with Gasteiger partial charge >= 0.3 is 0 Å². The summed E-state index contributed by atoms with van der Waals surface area (Å²) in [6.07, 6.45) is 3.42. The number of thiazole rings is 1. The van der Waals surface area contributed by atoms with Gasteiger partial charge in [0.05, 0.1) is 10.8 Å². The van der Waals surface area contributed by atoms with Gasteiger partial charge in [0.1, 0.15) is 0 Å². The molecular formula is C17H14N4O2S. The third-order valence-electron chi connectivity index (χ3n) is 3.70. The van der Waals surface area contributed by atoms with Gasteiger partial charge in [0, 0.05) is 19.8 Å². The van der Waals surface area contributed by atoms with Crippen molar-refractivity contribution in [1.29, 1.82) is 0 Å². The van der Waals surface area contributed by atoms with Crippen LogP contribution >= 0.6 is 11.3 Å². The predicted molar refractivity (Wildman–Crippen MR) is 94.4 cm³/mol. The molecule has 0 radical (unpaired) electrons. The second-order valence-corrected chi connectivity index (χ2v) is 6.53. The Morgan fingerprint density at radius 1 is 1.17 bits per heavy atom. The SMILES string of the molecule is CN(C)c1ccc(/C=c2/sc3nnc(-c4ccco4)n3c2=O)cc1. The van der Waals surface area contributed by atoms with Crippen molar-refractivity contribution >= 4 is 28.1 Å². The number of nitrogens with zero attached hydrogens (tertiary/aromatic N) is 4. The van der Waals surface area contributed by atoms with Crippen LogP contribution in [0, 0.1) is 0 Å². The minimum absolute atomic E-state index is 0.136. The Hall–Kier alpha value is -2.93. The summed E-state index contributed by atoms with van der Waals surface area (Å²) in [4.78, 5) is 15.3. The van der Waals surface area contributed by atoms with Crippen LogP contribution in [0.2, 0.25) is 0 Å². The van der Waals surface area contributed by atoms with Crippen molar-refractivity contribution in [3.63, 3.8) is 0 Å². The minimum atomic E-state index is -0.136. The van der Waals surface area contributed by atoms with Crippen LogP contribution in [0.3, 0.4) is 0 Å². The van der Waals surface area contributed by atoms with Crippen LogP contribution in [0.1, 0.15) is 5.56 Å². The Bertz CT molecular complexity index is 1090. The number of benzene rings is 1. The molecule has 1 aromatic carbocycles. The van der Waals surface area contributed by atoms with Crippen molar-refractivity contribution in [2.24, 2.45) is 0 Å². The minimum Gasteiger partial charge on any atom is -0.461 e. The van der Waals surface area contributed by atoms with Gasteiger partial charge < -0.3 is 9.32 Å². The summed E-state index contributed by atoms with van der Waals surface area (Å²) in [5, 5.41) is 8.13.